The molecular formula is C46H30. The summed E-state index contributed by atoms with van der Waals surface area (Å²) in [4.78, 5) is 0. The van der Waals surface area contributed by atoms with E-state index in [1.165, 1.54) is 87.6 Å². The predicted molar refractivity (Wildman–Crippen MR) is 198 cm³/mol. The van der Waals surface area contributed by atoms with E-state index in [4.69, 9.17) is 0 Å². The van der Waals surface area contributed by atoms with Crippen LogP contribution < -0.4 is 0 Å². The first-order valence-electron chi connectivity index (χ1n) is 15.9. The molecule has 0 saturated carbocycles. The SMILES string of the molecule is c1ccc(-c2cccc(-c3c4ccccc4c(-c4ccccc4)c4cc(-c5cc6ccccc6c6ccccc56)ccc34)c2)cc1. The Balaban J connectivity index is 1.39. The van der Waals surface area contributed by atoms with Crippen LogP contribution >= 0.6 is 0 Å². The molecule has 9 aromatic rings. The first-order valence-corrected chi connectivity index (χ1v) is 15.9. The van der Waals surface area contributed by atoms with Gasteiger partial charge in [0, 0.05) is 0 Å². The second-order valence-electron chi connectivity index (χ2n) is 12.1. The van der Waals surface area contributed by atoms with Crippen molar-refractivity contribution >= 4 is 43.1 Å². The highest BCUT2D eigenvalue weighted by atomic mass is 14.2. The lowest BCUT2D eigenvalue weighted by atomic mass is 9.84. The summed E-state index contributed by atoms with van der Waals surface area (Å²) in [6.45, 7) is 0. The molecule has 0 aliphatic rings. The normalized spacial score (nSPS) is 11.5. The molecule has 9 rings (SSSR count). The first-order chi connectivity index (χ1) is 22.8. The Bertz CT molecular complexity index is 2560. The summed E-state index contributed by atoms with van der Waals surface area (Å²) in [6, 6.07) is 66.5. The molecule has 0 aromatic heterocycles. The Morgan fingerprint density at radius 2 is 0.739 bits per heavy atom. The zero-order valence-corrected chi connectivity index (χ0v) is 25.3. The third-order valence-corrected chi connectivity index (χ3v) is 9.42. The molecule has 0 aliphatic carbocycles. The fourth-order valence-electron chi connectivity index (χ4n) is 7.35. The van der Waals surface area contributed by atoms with E-state index in [0.29, 0.717) is 0 Å². The van der Waals surface area contributed by atoms with Crippen molar-refractivity contribution < 1.29 is 0 Å². The van der Waals surface area contributed by atoms with Gasteiger partial charge in [0.1, 0.15) is 0 Å². The minimum atomic E-state index is 1.22. The van der Waals surface area contributed by atoms with Crippen molar-refractivity contribution in [1.29, 1.82) is 0 Å². The monoisotopic (exact) mass is 582 g/mol. The van der Waals surface area contributed by atoms with Crippen LogP contribution in [0, 0.1) is 0 Å². The maximum Gasteiger partial charge on any atom is -0.00261 e. The van der Waals surface area contributed by atoms with Gasteiger partial charge in [-0.1, -0.05) is 164 Å². The molecule has 46 heavy (non-hydrogen) atoms. The highest BCUT2D eigenvalue weighted by Crippen LogP contribution is 2.46. The van der Waals surface area contributed by atoms with Crippen LogP contribution in [0.4, 0.5) is 0 Å². The summed E-state index contributed by atoms with van der Waals surface area (Å²) in [5, 5.41) is 10.2. The molecule has 0 amide bonds. The number of hydrogen-bond donors (Lipinski definition) is 0. The zero-order valence-electron chi connectivity index (χ0n) is 25.3. The molecule has 0 spiro atoms. The highest BCUT2D eigenvalue weighted by molar-refractivity contribution is 6.23. The highest BCUT2D eigenvalue weighted by Gasteiger charge is 2.18. The molecule has 0 radical (unpaired) electrons. The topological polar surface area (TPSA) is 0 Å². The van der Waals surface area contributed by atoms with E-state index in [1.807, 2.05) is 0 Å². The molecule has 0 saturated heterocycles. The van der Waals surface area contributed by atoms with Gasteiger partial charge in [0.15, 0.2) is 0 Å². The van der Waals surface area contributed by atoms with Crippen LogP contribution in [0.1, 0.15) is 0 Å². The molecule has 0 heterocycles. The van der Waals surface area contributed by atoms with Crippen LogP contribution in [0.5, 0.6) is 0 Å². The van der Waals surface area contributed by atoms with E-state index in [0.717, 1.165) is 0 Å². The maximum atomic E-state index is 2.44. The quantitative estimate of drug-likeness (QED) is 0.143. The second kappa shape index (κ2) is 10.9. The average Bonchev–Trinajstić information content (AvgIpc) is 3.14. The van der Waals surface area contributed by atoms with Crippen molar-refractivity contribution in [3.8, 4) is 44.5 Å². The van der Waals surface area contributed by atoms with Crippen molar-refractivity contribution in [2.45, 2.75) is 0 Å². The zero-order chi connectivity index (χ0) is 30.5. The molecule has 0 aliphatic heterocycles. The molecule has 0 heteroatoms. The molecule has 0 nitrogen and oxygen atoms in total. The van der Waals surface area contributed by atoms with Crippen molar-refractivity contribution in [1.82, 2.24) is 0 Å². The fourth-order valence-corrected chi connectivity index (χ4v) is 7.35. The van der Waals surface area contributed by atoms with Crippen LogP contribution in [-0.4, -0.2) is 0 Å². The van der Waals surface area contributed by atoms with Crippen molar-refractivity contribution in [2.75, 3.05) is 0 Å². The van der Waals surface area contributed by atoms with Gasteiger partial charge in [-0.2, -0.15) is 0 Å². The minimum absolute atomic E-state index is 1.22. The molecule has 0 atom stereocenters. The van der Waals surface area contributed by atoms with Crippen molar-refractivity contribution in [2.24, 2.45) is 0 Å². The maximum absolute atomic E-state index is 2.44. The van der Waals surface area contributed by atoms with Gasteiger partial charge < -0.3 is 0 Å². The summed E-state index contributed by atoms with van der Waals surface area (Å²) >= 11 is 0. The number of hydrogen-bond acceptors (Lipinski definition) is 0. The summed E-state index contributed by atoms with van der Waals surface area (Å²) in [5.41, 5.74) is 9.95. The second-order valence-corrected chi connectivity index (χ2v) is 12.1. The van der Waals surface area contributed by atoms with Crippen LogP contribution in [-0.2, 0) is 0 Å². The molecule has 9 aromatic carbocycles. The predicted octanol–water partition coefficient (Wildman–Crippen LogP) is 13.0. The Morgan fingerprint density at radius 3 is 1.48 bits per heavy atom. The molecule has 0 unspecified atom stereocenters. The Morgan fingerprint density at radius 1 is 0.217 bits per heavy atom. The van der Waals surface area contributed by atoms with Gasteiger partial charge in [-0.3, -0.25) is 0 Å². The van der Waals surface area contributed by atoms with E-state index in [9.17, 15) is 0 Å². The smallest absolute Gasteiger partial charge is 0.00261 e. The lowest BCUT2D eigenvalue weighted by Crippen LogP contribution is -1.92. The Labute approximate surface area is 268 Å². The van der Waals surface area contributed by atoms with Crippen molar-refractivity contribution in [3.05, 3.63) is 182 Å². The summed E-state index contributed by atoms with van der Waals surface area (Å²) < 4.78 is 0. The van der Waals surface area contributed by atoms with Gasteiger partial charge in [-0.15, -0.1) is 0 Å². The molecular weight excluding hydrogens is 553 g/mol. The average molecular weight is 583 g/mol. The minimum Gasteiger partial charge on any atom is -0.0622 e. The molecule has 0 fully saturated rings. The largest absolute Gasteiger partial charge is 0.0622 e. The van der Waals surface area contributed by atoms with E-state index >= 15 is 0 Å². The number of benzene rings is 9. The summed E-state index contributed by atoms with van der Waals surface area (Å²) in [7, 11) is 0. The van der Waals surface area contributed by atoms with Gasteiger partial charge in [0.25, 0.3) is 0 Å². The molecule has 214 valence electrons. The molecule has 0 bridgehead atoms. The van der Waals surface area contributed by atoms with E-state index in [-0.39, 0.29) is 0 Å². The van der Waals surface area contributed by atoms with Crippen LogP contribution in [0.15, 0.2) is 182 Å². The van der Waals surface area contributed by atoms with E-state index < -0.39 is 0 Å². The fraction of sp³-hybridized carbons (Fsp3) is 0. The third-order valence-electron chi connectivity index (χ3n) is 9.42. The standard InChI is InChI=1S/C46H30/c1-3-14-31(15-4-1)33-19-13-20-36(28-33)46-41-25-12-11-24-40(41)45(32-16-5-2-6-17-32)44-30-35(26-27-42(44)46)43-29-34-18-7-8-21-37(34)38-22-9-10-23-39(38)43/h1-30H. The summed E-state index contributed by atoms with van der Waals surface area (Å²) in [6.07, 6.45) is 0. The Kier molecular flexibility index (Phi) is 6.25. The van der Waals surface area contributed by atoms with Crippen molar-refractivity contribution in [3.63, 3.8) is 0 Å². The van der Waals surface area contributed by atoms with Gasteiger partial charge in [-0.05, 0) is 106 Å². The van der Waals surface area contributed by atoms with Gasteiger partial charge in [0.2, 0.25) is 0 Å². The Hall–Kier alpha value is -5.98. The summed E-state index contributed by atoms with van der Waals surface area (Å²) in [5.74, 6) is 0. The van der Waals surface area contributed by atoms with Crippen LogP contribution in [0.25, 0.3) is 87.6 Å². The van der Waals surface area contributed by atoms with E-state index in [1.54, 1.807) is 0 Å². The third kappa shape index (κ3) is 4.30. The number of fused-ring (bicyclic) bond motifs is 5. The van der Waals surface area contributed by atoms with Crippen LogP contribution in [0.3, 0.4) is 0 Å². The van der Waals surface area contributed by atoms with Gasteiger partial charge in [0.05, 0.1) is 0 Å². The number of rotatable bonds is 4. The lowest BCUT2D eigenvalue weighted by molar-refractivity contribution is 1.61. The first kappa shape index (κ1) is 26.4. The molecule has 0 N–H and O–H groups in total. The van der Waals surface area contributed by atoms with Gasteiger partial charge >= 0.3 is 0 Å². The van der Waals surface area contributed by atoms with Crippen LogP contribution in [0.2, 0.25) is 0 Å². The lowest BCUT2D eigenvalue weighted by Gasteiger charge is -2.19. The van der Waals surface area contributed by atoms with Gasteiger partial charge in [-0.25, -0.2) is 0 Å². The van der Waals surface area contributed by atoms with E-state index in [2.05, 4.69) is 182 Å².